The summed E-state index contributed by atoms with van der Waals surface area (Å²) in [5.74, 6) is -0.801. The summed E-state index contributed by atoms with van der Waals surface area (Å²) in [6.07, 6.45) is -1.13. The van der Waals surface area contributed by atoms with Crippen molar-refractivity contribution in [2.75, 3.05) is 6.79 Å². The Balaban J connectivity index is 1.92. The van der Waals surface area contributed by atoms with Crippen LogP contribution in [0.25, 0.3) is 0 Å². The second-order valence-corrected chi connectivity index (χ2v) is 4.19. The monoisotopic (exact) mass is 252 g/mol. The Labute approximate surface area is 102 Å². The third-order valence-electron chi connectivity index (χ3n) is 3.13. The third-order valence-corrected chi connectivity index (χ3v) is 3.13. The molecule has 7 heteroatoms. The molecule has 7 nitrogen and oxygen atoms in total. The average Bonchev–Trinajstić information content (AvgIpc) is 2.93. The van der Waals surface area contributed by atoms with Gasteiger partial charge in [0.1, 0.15) is 12.1 Å². The first-order valence-electron chi connectivity index (χ1n) is 5.48. The highest BCUT2D eigenvalue weighted by molar-refractivity contribution is 5.72. The SMILES string of the molecule is O=C(O)C1C(O)NNC1c1ccc2c(c1)OCO2. The summed E-state index contributed by atoms with van der Waals surface area (Å²) in [6.45, 7) is 0.167. The normalized spacial score (nSPS) is 29.5. The molecule has 2 heterocycles. The maximum Gasteiger partial charge on any atom is 0.312 e. The second kappa shape index (κ2) is 4.13. The van der Waals surface area contributed by atoms with Crippen LogP contribution in [0, 0.1) is 5.92 Å². The van der Waals surface area contributed by atoms with Crippen LogP contribution in [0.5, 0.6) is 11.5 Å². The van der Waals surface area contributed by atoms with Crippen molar-refractivity contribution in [2.45, 2.75) is 12.3 Å². The van der Waals surface area contributed by atoms with Crippen LogP contribution in [-0.4, -0.2) is 29.2 Å². The molecule has 2 aliphatic heterocycles. The minimum absolute atomic E-state index is 0.167. The van der Waals surface area contributed by atoms with E-state index in [0.29, 0.717) is 11.5 Å². The Hall–Kier alpha value is -1.83. The lowest BCUT2D eigenvalue weighted by atomic mass is 9.93. The van der Waals surface area contributed by atoms with Crippen LogP contribution in [-0.2, 0) is 4.79 Å². The number of carboxylic acids is 1. The number of fused-ring (bicyclic) bond motifs is 1. The van der Waals surface area contributed by atoms with Crippen molar-refractivity contribution in [1.29, 1.82) is 0 Å². The Morgan fingerprint density at radius 1 is 1.28 bits per heavy atom. The van der Waals surface area contributed by atoms with Gasteiger partial charge in [0, 0.05) is 0 Å². The summed E-state index contributed by atoms with van der Waals surface area (Å²) < 4.78 is 10.4. The Morgan fingerprint density at radius 3 is 2.83 bits per heavy atom. The fraction of sp³-hybridized carbons (Fsp3) is 0.364. The minimum Gasteiger partial charge on any atom is -0.481 e. The van der Waals surface area contributed by atoms with Gasteiger partial charge in [0.25, 0.3) is 0 Å². The van der Waals surface area contributed by atoms with Crippen LogP contribution in [0.2, 0.25) is 0 Å². The number of aliphatic hydroxyl groups is 1. The van der Waals surface area contributed by atoms with E-state index in [4.69, 9.17) is 14.6 Å². The molecule has 3 atom stereocenters. The van der Waals surface area contributed by atoms with Crippen LogP contribution < -0.4 is 20.3 Å². The van der Waals surface area contributed by atoms with Gasteiger partial charge >= 0.3 is 5.97 Å². The van der Waals surface area contributed by atoms with Gasteiger partial charge in [-0.05, 0) is 17.7 Å². The highest BCUT2D eigenvalue weighted by Crippen LogP contribution is 2.37. The molecule has 1 saturated heterocycles. The molecule has 0 radical (unpaired) electrons. The molecule has 18 heavy (non-hydrogen) atoms. The lowest BCUT2D eigenvalue weighted by molar-refractivity contribution is -0.145. The first kappa shape index (κ1) is 11.3. The van der Waals surface area contributed by atoms with E-state index in [-0.39, 0.29) is 6.79 Å². The van der Waals surface area contributed by atoms with Crippen LogP contribution in [0.4, 0.5) is 0 Å². The quantitative estimate of drug-likeness (QED) is 0.567. The largest absolute Gasteiger partial charge is 0.481 e. The van der Waals surface area contributed by atoms with Gasteiger partial charge in [-0.1, -0.05) is 6.07 Å². The van der Waals surface area contributed by atoms with E-state index in [1.807, 2.05) is 0 Å². The van der Waals surface area contributed by atoms with Gasteiger partial charge in [0.15, 0.2) is 11.5 Å². The molecular formula is C11H12N2O5. The van der Waals surface area contributed by atoms with Crippen molar-refractivity contribution < 1.29 is 24.5 Å². The summed E-state index contributed by atoms with van der Waals surface area (Å²) in [4.78, 5) is 11.1. The zero-order valence-corrected chi connectivity index (χ0v) is 9.29. The lowest BCUT2D eigenvalue weighted by Crippen LogP contribution is -2.33. The first-order chi connectivity index (χ1) is 8.66. The van der Waals surface area contributed by atoms with E-state index in [1.54, 1.807) is 18.2 Å². The number of ether oxygens (including phenoxy) is 2. The topological polar surface area (TPSA) is 100 Å². The smallest absolute Gasteiger partial charge is 0.312 e. The number of hydrazine groups is 1. The molecule has 0 aromatic heterocycles. The van der Waals surface area contributed by atoms with E-state index in [0.717, 1.165) is 5.56 Å². The number of rotatable bonds is 2. The number of carbonyl (C=O) groups is 1. The van der Waals surface area contributed by atoms with Gasteiger partial charge in [0.05, 0.1) is 6.04 Å². The van der Waals surface area contributed by atoms with E-state index < -0.39 is 24.2 Å². The summed E-state index contributed by atoms with van der Waals surface area (Å²) in [5.41, 5.74) is 6.01. The molecule has 3 unspecified atom stereocenters. The standard InChI is InChI=1S/C11H12N2O5/c14-10-8(11(15)16)9(12-13-10)5-1-2-6-7(3-5)18-4-17-6/h1-3,8-10,12-14H,4H2,(H,15,16). The number of aliphatic carboxylic acids is 1. The van der Waals surface area contributed by atoms with Gasteiger partial charge in [-0.25, -0.2) is 10.9 Å². The van der Waals surface area contributed by atoms with Gasteiger partial charge < -0.3 is 19.7 Å². The van der Waals surface area contributed by atoms with Crippen LogP contribution >= 0.6 is 0 Å². The average molecular weight is 252 g/mol. The Bertz CT molecular complexity index is 492. The first-order valence-corrected chi connectivity index (χ1v) is 5.48. The molecule has 1 aromatic rings. The van der Waals surface area contributed by atoms with Crippen molar-refractivity contribution in [3.63, 3.8) is 0 Å². The molecule has 0 amide bonds. The fourth-order valence-electron chi connectivity index (χ4n) is 2.21. The predicted molar refractivity (Wildman–Crippen MR) is 58.7 cm³/mol. The van der Waals surface area contributed by atoms with Crippen LogP contribution in [0.1, 0.15) is 11.6 Å². The van der Waals surface area contributed by atoms with Crippen molar-refractivity contribution in [3.05, 3.63) is 23.8 Å². The summed E-state index contributed by atoms with van der Waals surface area (Å²) >= 11 is 0. The van der Waals surface area contributed by atoms with Gasteiger partial charge in [-0.3, -0.25) is 4.79 Å². The van der Waals surface area contributed by atoms with Gasteiger partial charge in [0.2, 0.25) is 6.79 Å². The molecular weight excluding hydrogens is 240 g/mol. The van der Waals surface area contributed by atoms with Crippen LogP contribution in [0.3, 0.4) is 0 Å². The molecule has 96 valence electrons. The number of aliphatic hydroxyl groups excluding tert-OH is 1. The third kappa shape index (κ3) is 1.69. The molecule has 3 rings (SSSR count). The fourth-order valence-corrected chi connectivity index (χ4v) is 2.21. The second-order valence-electron chi connectivity index (χ2n) is 4.19. The molecule has 0 spiro atoms. The number of benzene rings is 1. The number of hydrogen-bond acceptors (Lipinski definition) is 6. The Kier molecular flexibility index (Phi) is 2.58. The molecule has 0 aliphatic carbocycles. The van der Waals surface area contributed by atoms with Crippen molar-refractivity contribution in [1.82, 2.24) is 10.9 Å². The number of nitrogens with one attached hydrogen (secondary N) is 2. The highest BCUT2D eigenvalue weighted by atomic mass is 16.7. The van der Waals surface area contributed by atoms with Crippen molar-refractivity contribution in [2.24, 2.45) is 5.92 Å². The van der Waals surface area contributed by atoms with E-state index in [2.05, 4.69) is 10.9 Å². The maximum absolute atomic E-state index is 11.1. The van der Waals surface area contributed by atoms with E-state index in [9.17, 15) is 9.90 Å². The molecule has 0 saturated carbocycles. The molecule has 1 fully saturated rings. The summed E-state index contributed by atoms with van der Waals surface area (Å²) in [6, 6.07) is 4.67. The maximum atomic E-state index is 11.1. The summed E-state index contributed by atoms with van der Waals surface area (Å²) in [7, 11) is 0. The van der Waals surface area contributed by atoms with Crippen molar-refractivity contribution in [3.8, 4) is 11.5 Å². The molecule has 1 aromatic carbocycles. The van der Waals surface area contributed by atoms with Crippen LogP contribution in [0.15, 0.2) is 18.2 Å². The zero-order valence-electron chi connectivity index (χ0n) is 9.29. The molecule has 2 aliphatic rings. The number of hydrogen-bond donors (Lipinski definition) is 4. The zero-order chi connectivity index (χ0) is 12.7. The van der Waals surface area contributed by atoms with Gasteiger partial charge in [-0.2, -0.15) is 0 Å². The highest BCUT2D eigenvalue weighted by Gasteiger charge is 2.41. The number of carboxylic acid groups (broad SMARTS) is 1. The predicted octanol–water partition coefficient (Wildman–Crippen LogP) is -0.417. The molecule has 0 bridgehead atoms. The van der Waals surface area contributed by atoms with E-state index in [1.165, 1.54) is 0 Å². The molecule has 4 N–H and O–H groups in total. The summed E-state index contributed by atoms with van der Waals surface area (Å²) in [5, 5.41) is 18.7. The van der Waals surface area contributed by atoms with E-state index >= 15 is 0 Å². The lowest BCUT2D eigenvalue weighted by Gasteiger charge is -2.16. The Morgan fingerprint density at radius 2 is 2.06 bits per heavy atom. The minimum atomic E-state index is -1.13. The van der Waals surface area contributed by atoms with Gasteiger partial charge in [-0.15, -0.1) is 0 Å². The van der Waals surface area contributed by atoms with Crippen molar-refractivity contribution >= 4 is 5.97 Å².